The van der Waals surface area contributed by atoms with E-state index < -0.39 is 0 Å². The molecule has 3 aliphatic heterocycles. The van der Waals surface area contributed by atoms with E-state index in [-0.39, 0.29) is 31.1 Å². The number of anilines is 1. The Kier molecular flexibility index (Phi) is 4.91. The zero-order valence-corrected chi connectivity index (χ0v) is 15.4. The van der Waals surface area contributed by atoms with Crippen LogP contribution in [0.5, 0.6) is 11.5 Å². The zero-order valence-electron chi connectivity index (χ0n) is 15.4. The molecule has 0 bridgehead atoms. The van der Waals surface area contributed by atoms with Crippen LogP contribution in [0, 0.1) is 0 Å². The second kappa shape index (κ2) is 7.32. The number of amides is 2. The summed E-state index contributed by atoms with van der Waals surface area (Å²) in [5.41, 5.74) is 0.735. The number of nitrogens with zero attached hydrogens (tertiary/aromatic N) is 2. The molecule has 0 radical (unpaired) electrons. The monoisotopic (exact) mass is 361 g/mol. The topological polar surface area (TPSA) is 63.3 Å². The maximum atomic E-state index is 12.8. The molecule has 2 saturated heterocycles. The summed E-state index contributed by atoms with van der Waals surface area (Å²) < 4.78 is 16.5. The van der Waals surface area contributed by atoms with Gasteiger partial charge in [-0.2, -0.15) is 0 Å². The van der Waals surface area contributed by atoms with Gasteiger partial charge in [0.25, 0.3) is 0 Å². The van der Waals surface area contributed by atoms with Crippen molar-refractivity contribution in [3.63, 3.8) is 0 Å². The third-order valence-corrected chi connectivity index (χ3v) is 5.23. The molecule has 4 rings (SSSR count). The van der Waals surface area contributed by atoms with E-state index in [0.29, 0.717) is 5.75 Å². The second-order valence-electron chi connectivity index (χ2n) is 7.46. The van der Waals surface area contributed by atoms with Crippen molar-refractivity contribution in [3.8, 4) is 11.5 Å². The Balaban J connectivity index is 1.37. The van der Waals surface area contributed by atoms with E-state index in [4.69, 9.17) is 14.2 Å². The lowest BCUT2D eigenvalue weighted by Gasteiger charge is -2.38. The molecular formula is C19H27N3O4. The molecule has 0 aromatic heterocycles. The van der Waals surface area contributed by atoms with E-state index in [9.17, 15) is 4.79 Å². The van der Waals surface area contributed by atoms with Crippen molar-refractivity contribution in [2.45, 2.75) is 44.9 Å². The van der Waals surface area contributed by atoms with Crippen molar-refractivity contribution in [1.29, 1.82) is 0 Å². The molecule has 3 aliphatic rings. The van der Waals surface area contributed by atoms with E-state index in [1.54, 1.807) is 0 Å². The van der Waals surface area contributed by atoms with Gasteiger partial charge in [-0.3, -0.25) is 4.90 Å². The van der Waals surface area contributed by atoms with Crippen molar-refractivity contribution >= 4 is 11.7 Å². The van der Waals surface area contributed by atoms with E-state index in [0.717, 1.165) is 50.5 Å². The minimum absolute atomic E-state index is 0.0410. The third-order valence-electron chi connectivity index (χ3n) is 5.23. The Hall–Kier alpha value is -1.99. The highest BCUT2D eigenvalue weighted by molar-refractivity contribution is 5.90. The van der Waals surface area contributed by atoms with Crippen LogP contribution < -0.4 is 14.8 Å². The lowest BCUT2D eigenvalue weighted by Crippen LogP contribution is -2.51. The summed E-state index contributed by atoms with van der Waals surface area (Å²) >= 11 is 0. The molecule has 26 heavy (non-hydrogen) atoms. The first kappa shape index (κ1) is 17.4. The van der Waals surface area contributed by atoms with Crippen LogP contribution >= 0.6 is 0 Å². The van der Waals surface area contributed by atoms with Gasteiger partial charge in [-0.25, -0.2) is 4.79 Å². The number of fused-ring (bicyclic) bond motifs is 1. The van der Waals surface area contributed by atoms with Crippen LogP contribution in [0.2, 0.25) is 0 Å². The second-order valence-corrected chi connectivity index (χ2v) is 7.46. The Morgan fingerprint density at radius 1 is 1.19 bits per heavy atom. The van der Waals surface area contributed by atoms with E-state index in [1.165, 1.54) is 0 Å². The molecule has 0 unspecified atom stereocenters. The zero-order chi connectivity index (χ0) is 18.1. The van der Waals surface area contributed by atoms with Gasteiger partial charge in [-0.15, -0.1) is 0 Å². The lowest BCUT2D eigenvalue weighted by molar-refractivity contribution is -0.0712. The molecule has 0 spiro atoms. The molecule has 2 fully saturated rings. The number of hydrogen-bond donors (Lipinski definition) is 1. The Labute approximate surface area is 154 Å². The van der Waals surface area contributed by atoms with Gasteiger partial charge < -0.3 is 24.4 Å². The normalized spacial score (nSPS) is 28.4. The molecule has 0 saturated carbocycles. The molecule has 1 aromatic carbocycles. The minimum Gasteiger partial charge on any atom is -0.454 e. The Morgan fingerprint density at radius 2 is 1.96 bits per heavy atom. The maximum Gasteiger partial charge on any atom is 0.322 e. The highest BCUT2D eigenvalue weighted by atomic mass is 16.7. The number of likely N-dealkylation sites (tertiary alicyclic amines) is 1. The van der Waals surface area contributed by atoms with E-state index >= 15 is 0 Å². The van der Waals surface area contributed by atoms with Gasteiger partial charge in [0.15, 0.2) is 11.5 Å². The van der Waals surface area contributed by atoms with Crippen molar-refractivity contribution in [2.75, 3.05) is 38.3 Å². The number of carbonyl (C=O) groups is 1. The third kappa shape index (κ3) is 3.73. The summed E-state index contributed by atoms with van der Waals surface area (Å²) in [6, 6.07) is 5.70. The summed E-state index contributed by atoms with van der Waals surface area (Å²) in [6.07, 6.45) is 2.59. The molecule has 142 valence electrons. The van der Waals surface area contributed by atoms with Crippen LogP contribution in [-0.2, 0) is 4.74 Å². The van der Waals surface area contributed by atoms with Crippen LogP contribution in [0.4, 0.5) is 10.5 Å². The molecule has 3 atom stereocenters. The van der Waals surface area contributed by atoms with Gasteiger partial charge in [-0.1, -0.05) is 0 Å². The molecule has 2 amide bonds. The fourth-order valence-corrected chi connectivity index (χ4v) is 4.19. The van der Waals surface area contributed by atoms with Crippen LogP contribution in [0.1, 0.15) is 26.7 Å². The van der Waals surface area contributed by atoms with E-state index in [1.807, 2.05) is 23.1 Å². The predicted octanol–water partition coefficient (Wildman–Crippen LogP) is 2.52. The number of rotatable bonds is 3. The molecular weight excluding hydrogens is 334 g/mol. The van der Waals surface area contributed by atoms with Gasteiger partial charge in [-0.05, 0) is 38.8 Å². The first-order valence-electron chi connectivity index (χ1n) is 9.43. The van der Waals surface area contributed by atoms with Crippen LogP contribution in [0.15, 0.2) is 18.2 Å². The van der Waals surface area contributed by atoms with Crippen molar-refractivity contribution in [3.05, 3.63) is 18.2 Å². The molecule has 0 aliphatic carbocycles. The summed E-state index contributed by atoms with van der Waals surface area (Å²) in [5.74, 6) is 1.40. The fraction of sp³-hybridized carbons (Fsp3) is 0.632. The largest absolute Gasteiger partial charge is 0.454 e. The average Bonchev–Trinajstić information content (AvgIpc) is 3.22. The van der Waals surface area contributed by atoms with Gasteiger partial charge in [0.05, 0.1) is 12.2 Å². The Morgan fingerprint density at radius 3 is 2.77 bits per heavy atom. The number of nitrogens with one attached hydrogen (secondary N) is 1. The van der Waals surface area contributed by atoms with Gasteiger partial charge in [0.2, 0.25) is 6.79 Å². The number of morpholine rings is 1. The summed E-state index contributed by atoms with van der Waals surface area (Å²) in [5, 5.41) is 3.01. The molecule has 7 nitrogen and oxygen atoms in total. The summed E-state index contributed by atoms with van der Waals surface area (Å²) in [6.45, 7) is 8.03. The number of hydrogen-bond acceptors (Lipinski definition) is 5. The smallest absolute Gasteiger partial charge is 0.322 e. The molecule has 1 N–H and O–H groups in total. The minimum atomic E-state index is -0.0410. The number of urea groups is 1. The highest BCUT2D eigenvalue weighted by Gasteiger charge is 2.32. The first-order chi connectivity index (χ1) is 12.6. The summed E-state index contributed by atoms with van der Waals surface area (Å²) in [4.78, 5) is 17.2. The van der Waals surface area contributed by atoms with Crippen molar-refractivity contribution in [2.24, 2.45) is 0 Å². The molecule has 7 heteroatoms. The van der Waals surface area contributed by atoms with Gasteiger partial charge >= 0.3 is 6.03 Å². The molecule has 1 aromatic rings. The van der Waals surface area contributed by atoms with Crippen LogP contribution in [-0.4, -0.2) is 67.1 Å². The molecule has 3 heterocycles. The van der Waals surface area contributed by atoms with Crippen LogP contribution in [0.3, 0.4) is 0 Å². The predicted molar refractivity (Wildman–Crippen MR) is 97.8 cm³/mol. The van der Waals surface area contributed by atoms with Crippen molar-refractivity contribution in [1.82, 2.24) is 9.80 Å². The Bertz CT molecular complexity index is 658. The van der Waals surface area contributed by atoms with E-state index in [2.05, 4.69) is 24.1 Å². The number of ether oxygens (including phenoxy) is 3. The van der Waals surface area contributed by atoms with Gasteiger partial charge in [0.1, 0.15) is 0 Å². The summed E-state index contributed by atoms with van der Waals surface area (Å²) in [7, 11) is 0. The van der Waals surface area contributed by atoms with Gasteiger partial charge in [0, 0.05) is 44.0 Å². The lowest BCUT2D eigenvalue weighted by atomic mass is 10.1. The SMILES string of the molecule is C[C@@H]1CN(C[C@@H]2CCCN2C(=O)Nc2ccc3c(c2)OCO3)C[C@@H](C)O1. The quantitative estimate of drug-likeness (QED) is 0.896. The number of carbonyl (C=O) groups excluding carboxylic acids is 1. The average molecular weight is 361 g/mol. The van der Waals surface area contributed by atoms with Crippen LogP contribution in [0.25, 0.3) is 0 Å². The van der Waals surface area contributed by atoms with Crippen molar-refractivity contribution < 1.29 is 19.0 Å². The highest BCUT2D eigenvalue weighted by Crippen LogP contribution is 2.34. The number of benzene rings is 1. The maximum absolute atomic E-state index is 12.8. The fourth-order valence-electron chi connectivity index (χ4n) is 4.19. The first-order valence-corrected chi connectivity index (χ1v) is 9.43. The standard InChI is InChI=1S/C19H27N3O4/c1-13-9-21(10-14(2)26-13)11-16-4-3-7-22(16)19(23)20-15-5-6-17-18(8-15)25-12-24-17/h5-6,8,13-14,16H,3-4,7,9-12H2,1-2H3,(H,20,23)/t13-,14-,16+/m1/s1.